The molecule has 0 bridgehead atoms. The maximum absolute atomic E-state index is 11.2. The molecule has 0 aliphatic rings. The molecule has 1 heterocycles. The molecule has 0 spiro atoms. The van der Waals surface area contributed by atoms with Gasteiger partial charge in [-0.2, -0.15) is 0 Å². The Kier molecular flexibility index (Phi) is 4.96. The number of fused-ring (bicyclic) bond motifs is 1. The first-order valence-electron chi connectivity index (χ1n) is 7.08. The molecule has 112 valence electrons. The number of hydrogen-bond donors (Lipinski definition) is 1. The van der Waals surface area contributed by atoms with Crippen molar-refractivity contribution in [3.05, 3.63) is 38.9 Å². The van der Waals surface area contributed by atoms with Gasteiger partial charge in [-0.05, 0) is 30.5 Å². The molecule has 0 aliphatic carbocycles. The fourth-order valence-corrected chi connectivity index (χ4v) is 2.46. The van der Waals surface area contributed by atoms with Gasteiger partial charge < -0.3 is 5.32 Å². The van der Waals surface area contributed by atoms with Crippen molar-refractivity contribution in [2.75, 3.05) is 11.9 Å². The van der Waals surface area contributed by atoms with Crippen molar-refractivity contribution in [2.45, 2.75) is 33.1 Å². The third kappa shape index (κ3) is 3.24. The van der Waals surface area contributed by atoms with Crippen molar-refractivity contribution < 1.29 is 4.92 Å². The number of hydrogen-bond acceptors (Lipinski definition) is 4. The summed E-state index contributed by atoms with van der Waals surface area (Å²) in [6.07, 6.45) is 2.79. The number of aromatic nitrogens is 1. The van der Waals surface area contributed by atoms with E-state index in [-0.39, 0.29) is 5.69 Å². The van der Waals surface area contributed by atoms with Crippen LogP contribution in [0.1, 0.15) is 32.3 Å². The van der Waals surface area contributed by atoms with Gasteiger partial charge in [-0.15, -0.1) is 0 Å². The standard InChI is InChI=1S/C15H18ClN3O2/c1-3-5-10-9-11-12(16)6-7-13(19(20)21)14(11)18-15(10)17-8-4-2/h6-7,9H,3-5,8H2,1-2H3,(H,17,18). The zero-order valence-corrected chi connectivity index (χ0v) is 12.9. The molecule has 1 aromatic carbocycles. The number of benzene rings is 1. The SMILES string of the molecule is CCCNc1nc2c([N+](=O)[O-])ccc(Cl)c2cc1CCC. The van der Waals surface area contributed by atoms with Gasteiger partial charge in [-0.1, -0.05) is 31.9 Å². The van der Waals surface area contributed by atoms with E-state index in [0.717, 1.165) is 37.2 Å². The topological polar surface area (TPSA) is 68.1 Å². The zero-order chi connectivity index (χ0) is 15.4. The fourth-order valence-electron chi connectivity index (χ4n) is 2.26. The highest BCUT2D eigenvalue weighted by molar-refractivity contribution is 6.35. The average Bonchev–Trinajstić information content (AvgIpc) is 2.46. The molecule has 0 saturated heterocycles. The van der Waals surface area contributed by atoms with Crippen LogP contribution in [-0.4, -0.2) is 16.5 Å². The Morgan fingerprint density at radius 3 is 2.71 bits per heavy atom. The number of aryl methyl sites for hydroxylation is 1. The number of non-ortho nitro benzene ring substituents is 1. The molecule has 0 radical (unpaired) electrons. The molecule has 0 unspecified atom stereocenters. The Morgan fingerprint density at radius 2 is 2.10 bits per heavy atom. The summed E-state index contributed by atoms with van der Waals surface area (Å²) < 4.78 is 0. The minimum Gasteiger partial charge on any atom is -0.370 e. The van der Waals surface area contributed by atoms with Gasteiger partial charge in [-0.3, -0.25) is 10.1 Å². The summed E-state index contributed by atoms with van der Waals surface area (Å²) in [4.78, 5) is 15.2. The highest BCUT2D eigenvalue weighted by Gasteiger charge is 2.18. The molecular weight excluding hydrogens is 290 g/mol. The van der Waals surface area contributed by atoms with E-state index < -0.39 is 4.92 Å². The second-order valence-corrected chi connectivity index (χ2v) is 5.30. The van der Waals surface area contributed by atoms with Crippen LogP contribution < -0.4 is 5.32 Å². The van der Waals surface area contributed by atoms with Gasteiger partial charge in [0.15, 0.2) is 5.52 Å². The van der Waals surface area contributed by atoms with Crippen LogP contribution in [0.3, 0.4) is 0 Å². The van der Waals surface area contributed by atoms with Crippen LogP contribution in [0, 0.1) is 10.1 Å². The third-order valence-electron chi connectivity index (χ3n) is 3.25. The van der Waals surface area contributed by atoms with Crippen LogP contribution >= 0.6 is 11.6 Å². The maximum atomic E-state index is 11.2. The Labute approximate surface area is 128 Å². The Balaban J connectivity index is 2.67. The number of nitrogens with zero attached hydrogens (tertiary/aromatic N) is 2. The van der Waals surface area contributed by atoms with Crippen molar-refractivity contribution in [3.63, 3.8) is 0 Å². The minimum atomic E-state index is -0.422. The molecule has 0 fully saturated rings. The number of nitrogens with one attached hydrogen (secondary N) is 1. The predicted octanol–water partition coefficient (Wildman–Crippen LogP) is 4.57. The highest BCUT2D eigenvalue weighted by atomic mass is 35.5. The second-order valence-electron chi connectivity index (χ2n) is 4.89. The van der Waals surface area contributed by atoms with Crippen LogP contribution in [0.4, 0.5) is 11.5 Å². The second kappa shape index (κ2) is 6.72. The number of halogens is 1. The van der Waals surface area contributed by atoms with Gasteiger partial charge >= 0.3 is 0 Å². The monoisotopic (exact) mass is 307 g/mol. The normalized spacial score (nSPS) is 10.8. The Bertz CT molecular complexity index is 674. The highest BCUT2D eigenvalue weighted by Crippen LogP contribution is 2.33. The lowest BCUT2D eigenvalue weighted by molar-refractivity contribution is -0.383. The van der Waals surface area contributed by atoms with Gasteiger partial charge in [0.1, 0.15) is 5.82 Å². The number of anilines is 1. The number of nitro benzene ring substituents is 1. The summed E-state index contributed by atoms with van der Waals surface area (Å²) in [5.74, 6) is 0.719. The summed E-state index contributed by atoms with van der Waals surface area (Å²) in [6.45, 7) is 4.93. The smallest absolute Gasteiger partial charge is 0.295 e. The van der Waals surface area contributed by atoms with E-state index in [4.69, 9.17) is 11.6 Å². The summed E-state index contributed by atoms with van der Waals surface area (Å²) in [7, 11) is 0. The first kappa shape index (κ1) is 15.5. The largest absolute Gasteiger partial charge is 0.370 e. The molecule has 0 saturated carbocycles. The van der Waals surface area contributed by atoms with Gasteiger partial charge in [-0.25, -0.2) is 4.98 Å². The van der Waals surface area contributed by atoms with Crippen LogP contribution in [0.5, 0.6) is 0 Å². The number of nitro groups is 1. The summed E-state index contributed by atoms with van der Waals surface area (Å²) in [5, 5.41) is 15.5. The quantitative estimate of drug-likeness (QED) is 0.627. The van der Waals surface area contributed by atoms with Crippen molar-refractivity contribution in [1.82, 2.24) is 4.98 Å². The Hall–Kier alpha value is -1.88. The maximum Gasteiger partial charge on any atom is 0.295 e. The first-order chi connectivity index (χ1) is 10.1. The summed E-state index contributed by atoms with van der Waals surface area (Å²) >= 11 is 6.18. The van der Waals surface area contributed by atoms with Crippen molar-refractivity contribution in [2.24, 2.45) is 0 Å². The predicted molar refractivity (Wildman–Crippen MR) is 86.2 cm³/mol. The molecule has 0 amide bonds. The minimum absolute atomic E-state index is 0.0167. The Morgan fingerprint density at radius 1 is 1.33 bits per heavy atom. The van der Waals surface area contributed by atoms with Crippen LogP contribution in [0.25, 0.3) is 10.9 Å². The summed E-state index contributed by atoms with van der Waals surface area (Å²) in [5.41, 5.74) is 1.36. The summed E-state index contributed by atoms with van der Waals surface area (Å²) in [6, 6.07) is 4.87. The van der Waals surface area contributed by atoms with E-state index in [1.165, 1.54) is 6.07 Å². The van der Waals surface area contributed by atoms with E-state index in [2.05, 4.69) is 24.1 Å². The molecular formula is C15H18ClN3O2. The fraction of sp³-hybridized carbons (Fsp3) is 0.400. The van der Waals surface area contributed by atoms with E-state index >= 15 is 0 Å². The van der Waals surface area contributed by atoms with Crippen LogP contribution in [0.2, 0.25) is 5.02 Å². The molecule has 5 nitrogen and oxygen atoms in total. The third-order valence-corrected chi connectivity index (χ3v) is 3.58. The molecule has 6 heteroatoms. The lowest BCUT2D eigenvalue weighted by Crippen LogP contribution is -2.06. The van der Waals surface area contributed by atoms with E-state index in [0.29, 0.717) is 15.9 Å². The van der Waals surface area contributed by atoms with Gasteiger partial charge in [0.05, 0.1) is 9.95 Å². The molecule has 0 atom stereocenters. The van der Waals surface area contributed by atoms with E-state index in [9.17, 15) is 10.1 Å². The number of pyridine rings is 1. The molecule has 2 aromatic rings. The molecule has 21 heavy (non-hydrogen) atoms. The van der Waals surface area contributed by atoms with Crippen molar-refractivity contribution in [1.29, 1.82) is 0 Å². The number of rotatable bonds is 6. The van der Waals surface area contributed by atoms with Gasteiger partial charge in [0.25, 0.3) is 5.69 Å². The van der Waals surface area contributed by atoms with Crippen LogP contribution in [-0.2, 0) is 6.42 Å². The lowest BCUT2D eigenvalue weighted by Gasteiger charge is -2.12. The van der Waals surface area contributed by atoms with Crippen molar-refractivity contribution in [3.8, 4) is 0 Å². The van der Waals surface area contributed by atoms with Gasteiger partial charge in [0, 0.05) is 18.0 Å². The average molecular weight is 308 g/mol. The van der Waals surface area contributed by atoms with Gasteiger partial charge in [0.2, 0.25) is 0 Å². The lowest BCUT2D eigenvalue weighted by atomic mass is 10.1. The zero-order valence-electron chi connectivity index (χ0n) is 12.1. The first-order valence-corrected chi connectivity index (χ1v) is 7.46. The van der Waals surface area contributed by atoms with E-state index in [1.807, 2.05) is 6.07 Å². The molecule has 1 aromatic heterocycles. The van der Waals surface area contributed by atoms with E-state index in [1.54, 1.807) is 6.07 Å². The van der Waals surface area contributed by atoms with Crippen molar-refractivity contribution >= 4 is 34.0 Å². The molecule has 0 aliphatic heterocycles. The van der Waals surface area contributed by atoms with Crippen LogP contribution in [0.15, 0.2) is 18.2 Å². The molecule has 1 N–H and O–H groups in total. The molecule has 2 rings (SSSR count).